The Kier molecular flexibility index (Phi) is 3.28. The van der Waals surface area contributed by atoms with E-state index in [9.17, 15) is 9.59 Å². The van der Waals surface area contributed by atoms with Crippen molar-refractivity contribution in [3.05, 3.63) is 76.1 Å². The minimum Gasteiger partial charge on any atom is -0.463 e. The normalized spacial score (nSPS) is 10.5. The van der Waals surface area contributed by atoms with Crippen molar-refractivity contribution < 1.29 is 9.21 Å². The number of anilines is 1. The summed E-state index contributed by atoms with van der Waals surface area (Å²) in [5, 5.41) is 3.13. The maximum absolute atomic E-state index is 12.3. The van der Waals surface area contributed by atoms with Crippen molar-refractivity contribution >= 4 is 22.6 Å². The van der Waals surface area contributed by atoms with Gasteiger partial charge in [-0.2, -0.15) is 0 Å². The third-order valence-electron chi connectivity index (χ3n) is 3.32. The topological polar surface area (TPSA) is 59.3 Å². The molecular weight excluding hydrogens is 266 g/mol. The van der Waals surface area contributed by atoms with E-state index < -0.39 is 5.91 Å². The number of para-hydroxylation sites is 2. The first kappa shape index (κ1) is 13.1. The van der Waals surface area contributed by atoms with Gasteiger partial charge in [0.2, 0.25) is 5.43 Å². The second-order valence-corrected chi connectivity index (χ2v) is 4.74. The number of hydrogen-bond donors (Lipinski definition) is 1. The summed E-state index contributed by atoms with van der Waals surface area (Å²) in [5.41, 5.74) is 1.74. The van der Waals surface area contributed by atoms with Crippen molar-refractivity contribution in [1.82, 2.24) is 0 Å². The first-order valence-corrected chi connectivity index (χ1v) is 6.54. The number of amides is 1. The highest BCUT2D eigenvalue weighted by Crippen LogP contribution is 2.15. The number of carbonyl (C=O) groups is 1. The van der Waals surface area contributed by atoms with E-state index in [0.29, 0.717) is 16.7 Å². The van der Waals surface area contributed by atoms with Crippen LogP contribution in [0.25, 0.3) is 11.0 Å². The van der Waals surface area contributed by atoms with Crippen LogP contribution in [0, 0.1) is 6.92 Å². The molecule has 0 radical (unpaired) electrons. The fraction of sp³-hybridized carbons (Fsp3) is 0.0588. The van der Waals surface area contributed by atoms with Gasteiger partial charge in [0.1, 0.15) is 17.4 Å². The second-order valence-electron chi connectivity index (χ2n) is 4.74. The smallest absolute Gasteiger partial charge is 0.262 e. The van der Waals surface area contributed by atoms with Gasteiger partial charge in [-0.1, -0.05) is 30.3 Å². The van der Waals surface area contributed by atoms with Crippen LogP contribution in [0.3, 0.4) is 0 Å². The van der Waals surface area contributed by atoms with Crippen molar-refractivity contribution in [1.29, 1.82) is 0 Å². The molecule has 4 nitrogen and oxygen atoms in total. The van der Waals surface area contributed by atoms with Crippen LogP contribution in [0.2, 0.25) is 0 Å². The van der Waals surface area contributed by atoms with Crippen molar-refractivity contribution in [2.75, 3.05) is 5.32 Å². The van der Waals surface area contributed by atoms with Crippen LogP contribution >= 0.6 is 0 Å². The van der Waals surface area contributed by atoms with Gasteiger partial charge in [0.25, 0.3) is 5.91 Å². The lowest BCUT2D eigenvalue weighted by Gasteiger charge is -2.07. The number of hydrogen-bond acceptors (Lipinski definition) is 3. The minimum atomic E-state index is -0.469. The summed E-state index contributed by atoms with van der Waals surface area (Å²) in [6.07, 6.45) is 1.21. The van der Waals surface area contributed by atoms with Crippen molar-refractivity contribution in [2.24, 2.45) is 0 Å². The zero-order chi connectivity index (χ0) is 14.8. The van der Waals surface area contributed by atoms with Crippen molar-refractivity contribution in [2.45, 2.75) is 6.92 Å². The van der Waals surface area contributed by atoms with Crippen LogP contribution in [-0.2, 0) is 0 Å². The predicted octanol–water partition coefficient (Wildman–Crippen LogP) is 3.35. The molecule has 4 heteroatoms. The monoisotopic (exact) mass is 279 g/mol. The van der Waals surface area contributed by atoms with E-state index in [-0.39, 0.29) is 11.0 Å². The Labute approximate surface area is 121 Å². The van der Waals surface area contributed by atoms with Gasteiger partial charge in [0.05, 0.1) is 5.39 Å². The van der Waals surface area contributed by atoms with E-state index in [1.807, 2.05) is 25.1 Å². The molecule has 3 rings (SSSR count). The standard InChI is InChI=1S/C17H13NO3/c1-11-6-2-4-8-14(11)18-17(20)13-10-21-15-9-5-3-7-12(15)16(13)19/h2-10H,1H3,(H,18,20). The summed E-state index contributed by atoms with van der Waals surface area (Å²) in [6.45, 7) is 1.89. The molecule has 0 spiro atoms. The average Bonchev–Trinajstić information content (AvgIpc) is 2.50. The average molecular weight is 279 g/mol. The molecule has 2 aromatic carbocycles. The lowest BCUT2D eigenvalue weighted by molar-refractivity contribution is 0.102. The van der Waals surface area contributed by atoms with E-state index in [1.54, 1.807) is 30.3 Å². The summed E-state index contributed by atoms with van der Waals surface area (Å²) in [6, 6.07) is 14.2. The molecule has 0 fully saturated rings. The molecule has 0 bridgehead atoms. The van der Waals surface area contributed by atoms with Crippen LogP contribution in [0.1, 0.15) is 15.9 Å². The van der Waals surface area contributed by atoms with Gasteiger partial charge in [-0.15, -0.1) is 0 Å². The SMILES string of the molecule is Cc1ccccc1NC(=O)c1coc2ccccc2c1=O. The molecule has 0 atom stereocenters. The molecule has 0 saturated heterocycles. The van der Waals surface area contributed by atoms with E-state index in [2.05, 4.69) is 5.32 Å². The molecule has 1 aromatic heterocycles. The highest BCUT2D eigenvalue weighted by atomic mass is 16.3. The Bertz CT molecular complexity index is 880. The number of benzene rings is 2. The fourth-order valence-electron chi connectivity index (χ4n) is 2.14. The molecule has 0 aliphatic rings. The van der Waals surface area contributed by atoms with Crippen LogP contribution < -0.4 is 10.7 Å². The molecule has 0 unspecified atom stereocenters. The third kappa shape index (κ3) is 2.43. The Morgan fingerprint density at radius 1 is 1.05 bits per heavy atom. The second kappa shape index (κ2) is 5.25. The molecule has 0 saturated carbocycles. The van der Waals surface area contributed by atoms with E-state index in [4.69, 9.17) is 4.42 Å². The number of carbonyl (C=O) groups excluding carboxylic acids is 1. The lowest BCUT2D eigenvalue weighted by Crippen LogP contribution is -2.21. The van der Waals surface area contributed by atoms with Crippen molar-refractivity contribution in [3.63, 3.8) is 0 Å². The summed E-state index contributed by atoms with van der Waals surface area (Å²) < 4.78 is 5.35. The zero-order valence-electron chi connectivity index (χ0n) is 11.4. The largest absolute Gasteiger partial charge is 0.463 e. The predicted molar refractivity (Wildman–Crippen MR) is 81.6 cm³/mol. The van der Waals surface area contributed by atoms with Gasteiger partial charge >= 0.3 is 0 Å². The molecule has 1 N–H and O–H groups in total. The number of rotatable bonds is 2. The van der Waals surface area contributed by atoms with E-state index >= 15 is 0 Å². The quantitative estimate of drug-likeness (QED) is 0.782. The van der Waals surface area contributed by atoms with Crippen LogP contribution in [0.4, 0.5) is 5.69 Å². The zero-order valence-corrected chi connectivity index (χ0v) is 11.4. The first-order valence-electron chi connectivity index (χ1n) is 6.54. The van der Waals surface area contributed by atoms with Gasteiger partial charge in [-0.3, -0.25) is 9.59 Å². The Hall–Kier alpha value is -2.88. The van der Waals surface area contributed by atoms with Gasteiger partial charge in [-0.05, 0) is 30.7 Å². The fourth-order valence-corrected chi connectivity index (χ4v) is 2.14. The van der Waals surface area contributed by atoms with E-state index in [0.717, 1.165) is 5.56 Å². The third-order valence-corrected chi connectivity index (χ3v) is 3.32. The van der Waals surface area contributed by atoms with Crippen LogP contribution in [0.15, 0.2) is 64.0 Å². The molecule has 3 aromatic rings. The number of aryl methyl sites for hydroxylation is 1. The van der Waals surface area contributed by atoms with Crippen LogP contribution in [-0.4, -0.2) is 5.91 Å². The van der Waals surface area contributed by atoms with Gasteiger partial charge in [-0.25, -0.2) is 0 Å². The molecule has 0 aliphatic carbocycles. The summed E-state index contributed by atoms with van der Waals surface area (Å²) in [5.74, 6) is -0.469. The van der Waals surface area contributed by atoms with E-state index in [1.165, 1.54) is 6.26 Å². The van der Waals surface area contributed by atoms with Crippen molar-refractivity contribution in [3.8, 4) is 0 Å². The summed E-state index contributed by atoms with van der Waals surface area (Å²) in [7, 11) is 0. The Balaban J connectivity index is 2.01. The highest BCUT2D eigenvalue weighted by Gasteiger charge is 2.14. The summed E-state index contributed by atoms with van der Waals surface area (Å²) >= 11 is 0. The molecule has 0 aliphatic heterocycles. The molecule has 1 amide bonds. The minimum absolute atomic E-state index is 0.00282. The molecule has 104 valence electrons. The molecular formula is C17H13NO3. The van der Waals surface area contributed by atoms with Gasteiger partial charge < -0.3 is 9.73 Å². The Morgan fingerprint density at radius 3 is 2.57 bits per heavy atom. The molecule has 21 heavy (non-hydrogen) atoms. The maximum atomic E-state index is 12.3. The van der Waals surface area contributed by atoms with Gasteiger partial charge in [0.15, 0.2) is 0 Å². The maximum Gasteiger partial charge on any atom is 0.262 e. The lowest BCUT2D eigenvalue weighted by atomic mass is 10.1. The van der Waals surface area contributed by atoms with Crippen LogP contribution in [0.5, 0.6) is 0 Å². The number of nitrogens with one attached hydrogen (secondary N) is 1. The number of fused-ring (bicyclic) bond motifs is 1. The Morgan fingerprint density at radius 2 is 1.76 bits per heavy atom. The highest BCUT2D eigenvalue weighted by molar-refractivity contribution is 6.05. The molecule has 1 heterocycles. The van der Waals surface area contributed by atoms with Gasteiger partial charge in [0, 0.05) is 5.69 Å². The first-order chi connectivity index (χ1) is 10.2. The summed E-state index contributed by atoms with van der Waals surface area (Å²) in [4.78, 5) is 24.6.